The first-order valence-electron chi connectivity index (χ1n) is 5.90. The fourth-order valence-electron chi connectivity index (χ4n) is 1.80. The van der Waals surface area contributed by atoms with Gasteiger partial charge in [0.25, 0.3) is 0 Å². The zero-order valence-corrected chi connectivity index (χ0v) is 10.4. The topological polar surface area (TPSA) is 39.9 Å². The van der Waals surface area contributed by atoms with Crippen molar-refractivity contribution in [3.05, 3.63) is 48.8 Å². The van der Waals surface area contributed by atoms with E-state index in [4.69, 9.17) is 5.26 Å². The van der Waals surface area contributed by atoms with Crippen molar-refractivity contribution in [1.82, 2.24) is 4.98 Å². The Morgan fingerprint density at radius 1 is 1.06 bits per heavy atom. The summed E-state index contributed by atoms with van der Waals surface area (Å²) in [4.78, 5) is 6.09. The van der Waals surface area contributed by atoms with Crippen LogP contribution in [0.25, 0.3) is 11.1 Å². The van der Waals surface area contributed by atoms with Gasteiger partial charge in [-0.3, -0.25) is 4.98 Å². The summed E-state index contributed by atoms with van der Waals surface area (Å²) in [5.74, 6) is 0. The van der Waals surface area contributed by atoms with Crippen LogP contribution in [0.2, 0.25) is 0 Å². The molecule has 0 aliphatic heterocycles. The van der Waals surface area contributed by atoms with Gasteiger partial charge in [-0.25, -0.2) is 0 Å². The van der Waals surface area contributed by atoms with Gasteiger partial charge in [-0.15, -0.1) is 0 Å². The molecule has 18 heavy (non-hydrogen) atoms. The maximum Gasteiger partial charge on any atom is 0.0640 e. The summed E-state index contributed by atoms with van der Waals surface area (Å²) < 4.78 is 0. The number of pyridine rings is 1. The van der Waals surface area contributed by atoms with Crippen LogP contribution in [-0.4, -0.2) is 18.6 Å². The van der Waals surface area contributed by atoms with E-state index in [2.05, 4.69) is 40.2 Å². The lowest BCUT2D eigenvalue weighted by Crippen LogP contribution is -2.17. The Morgan fingerprint density at radius 2 is 1.67 bits per heavy atom. The second kappa shape index (κ2) is 5.83. The number of aromatic nitrogens is 1. The van der Waals surface area contributed by atoms with Gasteiger partial charge in [-0.05, 0) is 35.4 Å². The normalized spacial score (nSPS) is 9.78. The van der Waals surface area contributed by atoms with E-state index < -0.39 is 0 Å². The molecule has 0 N–H and O–H groups in total. The second-order valence-electron chi connectivity index (χ2n) is 4.11. The third-order valence-electron chi connectivity index (χ3n) is 2.88. The third kappa shape index (κ3) is 2.86. The minimum atomic E-state index is 0.544. The van der Waals surface area contributed by atoms with Crippen molar-refractivity contribution in [2.45, 2.75) is 6.42 Å². The van der Waals surface area contributed by atoms with Crippen molar-refractivity contribution in [2.24, 2.45) is 0 Å². The minimum Gasteiger partial charge on any atom is -0.374 e. The van der Waals surface area contributed by atoms with Crippen LogP contribution in [0.5, 0.6) is 0 Å². The summed E-state index contributed by atoms with van der Waals surface area (Å²) in [6.07, 6.45) is 4.13. The van der Waals surface area contributed by atoms with Gasteiger partial charge >= 0.3 is 0 Å². The van der Waals surface area contributed by atoms with E-state index in [0.29, 0.717) is 6.42 Å². The average molecular weight is 237 g/mol. The van der Waals surface area contributed by atoms with Crippen LogP contribution in [0.1, 0.15) is 6.42 Å². The zero-order chi connectivity index (χ0) is 12.8. The van der Waals surface area contributed by atoms with Gasteiger partial charge in [0.15, 0.2) is 0 Å². The lowest BCUT2D eigenvalue weighted by molar-refractivity contribution is 0.905. The lowest BCUT2D eigenvalue weighted by Gasteiger charge is -2.17. The molecule has 90 valence electrons. The molecule has 0 saturated carbocycles. The molecule has 0 amide bonds. The van der Waals surface area contributed by atoms with E-state index in [1.54, 1.807) is 12.4 Å². The molecule has 1 aromatic heterocycles. The van der Waals surface area contributed by atoms with E-state index >= 15 is 0 Å². The van der Waals surface area contributed by atoms with Crippen LogP contribution in [0.3, 0.4) is 0 Å². The molecular weight excluding hydrogens is 222 g/mol. The molecule has 3 heteroatoms. The average Bonchev–Trinajstić information content (AvgIpc) is 2.46. The molecule has 0 saturated heterocycles. The van der Waals surface area contributed by atoms with Gasteiger partial charge in [0, 0.05) is 31.7 Å². The molecule has 0 atom stereocenters. The highest BCUT2D eigenvalue weighted by molar-refractivity contribution is 5.65. The quantitative estimate of drug-likeness (QED) is 0.820. The van der Waals surface area contributed by atoms with Gasteiger partial charge in [-0.1, -0.05) is 12.1 Å². The molecule has 2 aromatic rings. The highest BCUT2D eigenvalue weighted by Gasteiger charge is 2.01. The molecule has 0 fully saturated rings. The van der Waals surface area contributed by atoms with Crippen LogP contribution in [-0.2, 0) is 0 Å². The molecule has 0 spiro atoms. The largest absolute Gasteiger partial charge is 0.374 e. The van der Waals surface area contributed by atoms with E-state index in [1.807, 2.05) is 19.2 Å². The standard InChI is InChI=1S/C15H15N3/c1-18(12-2-9-16)15-5-3-13(4-6-15)14-7-10-17-11-8-14/h3-8,10-11H,2,12H2,1H3. The van der Waals surface area contributed by atoms with Gasteiger partial charge in [0.2, 0.25) is 0 Å². The number of rotatable bonds is 4. The number of nitrogens with zero attached hydrogens (tertiary/aromatic N) is 3. The molecule has 3 nitrogen and oxygen atoms in total. The van der Waals surface area contributed by atoms with E-state index in [0.717, 1.165) is 17.8 Å². The molecule has 1 heterocycles. The van der Waals surface area contributed by atoms with Crippen molar-refractivity contribution in [3.63, 3.8) is 0 Å². The maximum absolute atomic E-state index is 8.57. The summed E-state index contributed by atoms with van der Waals surface area (Å²) in [5, 5.41) is 8.57. The minimum absolute atomic E-state index is 0.544. The van der Waals surface area contributed by atoms with Crippen LogP contribution >= 0.6 is 0 Å². The lowest BCUT2D eigenvalue weighted by atomic mass is 10.1. The van der Waals surface area contributed by atoms with E-state index in [9.17, 15) is 0 Å². The third-order valence-corrected chi connectivity index (χ3v) is 2.88. The van der Waals surface area contributed by atoms with Crippen LogP contribution in [0, 0.1) is 11.3 Å². The first-order valence-corrected chi connectivity index (χ1v) is 5.90. The summed E-state index contributed by atoms with van der Waals surface area (Å²) in [6, 6.07) is 14.5. The number of hydrogen-bond donors (Lipinski definition) is 0. The SMILES string of the molecule is CN(CCC#N)c1ccc(-c2ccncc2)cc1. The Hall–Kier alpha value is -2.34. The number of hydrogen-bond acceptors (Lipinski definition) is 3. The monoisotopic (exact) mass is 237 g/mol. The van der Waals surface area contributed by atoms with Crippen LogP contribution < -0.4 is 4.90 Å². The molecule has 2 rings (SSSR count). The number of anilines is 1. The summed E-state index contributed by atoms with van der Waals surface area (Å²) in [5.41, 5.74) is 3.47. The fraction of sp³-hybridized carbons (Fsp3) is 0.200. The van der Waals surface area contributed by atoms with Crippen LogP contribution in [0.4, 0.5) is 5.69 Å². The molecule has 0 bridgehead atoms. The predicted octanol–water partition coefficient (Wildman–Crippen LogP) is 3.10. The summed E-state index contributed by atoms with van der Waals surface area (Å²) >= 11 is 0. The molecule has 1 aromatic carbocycles. The Bertz CT molecular complexity index is 526. The maximum atomic E-state index is 8.57. The molecular formula is C15H15N3. The van der Waals surface area contributed by atoms with Crippen LogP contribution in [0.15, 0.2) is 48.8 Å². The highest BCUT2D eigenvalue weighted by atomic mass is 15.1. The van der Waals surface area contributed by atoms with Gasteiger partial charge < -0.3 is 4.90 Å². The summed E-state index contributed by atoms with van der Waals surface area (Å²) in [7, 11) is 2.00. The zero-order valence-electron chi connectivity index (χ0n) is 10.4. The van der Waals surface area contributed by atoms with Crippen molar-refractivity contribution in [1.29, 1.82) is 5.26 Å². The first-order chi connectivity index (χ1) is 8.81. The van der Waals surface area contributed by atoms with Gasteiger partial charge in [0.05, 0.1) is 12.5 Å². The predicted molar refractivity (Wildman–Crippen MR) is 73.2 cm³/mol. The van der Waals surface area contributed by atoms with Crippen molar-refractivity contribution >= 4 is 5.69 Å². The Morgan fingerprint density at radius 3 is 2.28 bits per heavy atom. The fourth-order valence-corrected chi connectivity index (χ4v) is 1.80. The van der Waals surface area contributed by atoms with E-state index in [1.165, 1.54) is 5.56 Å². The number of nitriles is 1. The molecule has 0 unspecified atom stereocenters. The van der Waals surface area contributed by atoms with Gasteiger partial charge in [0.1, 0.15) is 0 Å². The highest BCUT2D eigenvalue weighted by Crippen LogP contribution is 2.22. The second-order valence-corrected chi connectivity index (χ2v) is 4.11. The van der Waals surface area contributed by atoms with Crippen molar-refractivity contribution in [2.75, 3.05) is 18.5 Å². The Kier molecular flexibility index (Phi) is 3.93. The number of benzene rings is 1. The Balaban J connectivity index is 2.13. The van der Waals surface area contributed by atoms with Crippen molar-refractivity contribution in [3.8, 4) is 17.2 Å². The molecule has 0 aliphatic carbocycles. The Labute approximate surface area is 107 Å². The summed E-state index contributed by atoms with van der Waals surface area (Å²) in [6.45, 7) is 0.755. The van der Waals surface area contributed by atoms with E-state index in [-0.39, 0.29) is 0 Å². The smallest absolute Gasteiger partial charge is 0.0640 e. The van der Waals surface area contributed by atoms with Gasteiger partial charge in [-0.2, -0.15) is 5.26 Å². The van der Waals surface area contributed by atoms with Crippen molar-refractivity contribution < 1.29 is 0 Å². The first kappa shape index (κ1) is 12.1. The molecule has 0 radical (unpaired) electrons. The molecule has 0 aliphatic rings.